The number of piperidine rings is 1. The summed E-state index contributed by atoms with van der Waals surface area (Å²) >= 11 is 0. The molecule has 1 aromatic carbocycles. The topological polar surface area (TPSA) is 71.1 Å². The van der Waals surface area contributed by atoms with Crippen molar-refractivity contribution in [3.8, 4) is 17.1 Å². The lowest BCUT2D eigenvalue weighted by molar-refractivity contribution is 0.201. The molecule has 3 aromatic rings. The largest absolute Gasteiger partial charge is 0.496 e. The standard InChI is InChI=1S/C22H24N4O2/c1-28-20-5-3-2-4-18(20)15-26-12-8-16(9-13-26)19-14-21(27)25-22(24-19)17-6-10-23-11-7-17/h2-7,10-11,14,16H,8-9,12-13,15H2,1H3,(H,24,25,27). The number of aromatic nitrogens is 3. The number of likely N-dealkylation sites (tertiary alicyclic amines) is 1. The highest BCUT2D eigenvalue weighted by molar-refractivity contribution is 5.53. The van der Waals surface area contributed by atoms with E-state index in [9.17, 15) is 4.79 Å². The van der Waals surface area contributed by atoms with E-state index in [1.54, 1.807) is 25.6 Å². The molecule has 2 aromatic heterocycles. The van der Waals surface area contributed by atoms with Crippen molar-refractivity contribution in [2.45, 2.75) is 25.3 Å². The smallest absolute Gasteiger partial charge is 0.251 e. The third-order valence-corrected chi connectivity index (χ3v) is 5.31. The van der Waals surface area contributed by atoms with Crippen LogP contribution in [0.2, 0.25) is 0 Å². The number of hydrogen-bond donors (Lipinski definition) is 1. The van der Waals surface area contributed by atoms with Crippen LogP contribution >= 0.6 is 0 Å². The molecule has 0 spiro atoms. The number of para-hydroxylation sites is 1. The summed E-state index contributed by atoms with van der Waals surface area (Å²) in [6.07, 6.45) is 5.39. The number of hydrogen-bond acceptors (Lipinski definition) is 5. The highest BCUT2D eigenvalue weighted by Crippen LogP contribution is 2.29. The predicted octanol–water partition coefficient (Wildman–Crippen LogP) is 3.22. The summed E-state index contributed by atoms with van der Waals surface area (Å²) in [6, 6.07) is 13.5. The third-order valence-electron chi connectivity index (χ3n) is 5.31. The van der Waals surface area contributed by atoms with Crippen LogP contribution in [0.1, 0.15) is 30.0 Å². The Morgan fingerprint density at radius 3 is 2.64 bits per heavy atom. The van der Waals surface area contributed by atoms with Crippen molar-refractivity contribution in [2.75, 3.05) is 20.2 Å². The van der Waals surface area contributed by atoms with Crippen molar-refractivity contribution in [1.82, 2.24) is 19.9 Å². The predicted molar refractivity (Wildman–Crippen MR) is 108 cm³/mol. The number of rotatable bonds is 5. The second-order valence-corrected chi connectivity index (χ2v) is 7.12. The molecule has 0 amide bonds. The van der Waals surface area contributed by atoms with Gasteiger partial charge in [0.15, 0.2) is 0 Å². The van der Waals surface area contributed by atoms with Gasteiger partial charge in [0, 0.05) is 42.0 Å². The molecule has 28 heavy (non-hydrogen) atoms. The number of nitrogens with one attached hydrogen (secondary N) is 1. The number of H-pyrrole nitrogens is 1. The average Bonchev–Trinajstić information content (AvgIpc) is 2.75. The quantitative estimate of drug-likeness (QED) is 0.740. The van der Waals surface area contributed by atoms with E-state index in [1.165, 1.54) is 5.56 Å². The second-order valence-electron chi connectivity index (χ2n) is 7.12. The first-order valence-corrected chi connectivity index (χ1v) is 9.59. The minimum atomic E-state index is -0.103. The summed E-state index contributed by atoms with van der Waals surface area (Å²) in [5.41, 5.74) is 2.86. The summed E-state index contributed by atoms with van der Waals surface area (Å²) in [5.74, 6) is 1.85. The van der Waals surface area contributed by atoms with Crippen molar-refractivity contribution in [1.29, 1.82) is 0 Å². The van der Waals surface area contributed by atoms with Gasteiger partial charge < -0.3 is 9.72 Å². The van der Waals surface area contributed by atoms with Crippen LogP contribution in [0, 0.1) is 0 Å². The summed E-state index contributed by atoms with van der Waals surface area (Å²) in [5, 5.41) is 0. The Balaban J connectivity index is 1.45. The lowest BCUT2D eigenvalue weighted by Crippen LogP contribution is -2.33. The summed E-state index contributed by atoms with van der Waals surface area (Å²) in [4.78, 5) is 26.2. The molecule has 0 atom stereocenters. The first-order valence-electron chi connectivity index (χ1n) is 9.59. The van der Waals surface area contributed by atoms with Gasteiger partial charge in [-0.05, 0) is 44.1 Å². The normalized spacial score (nSPS) is 15.5. The molecule has 1 aliphatic rings. The summed E-state index contributed by atoms with van der Waals surface area (Å²) in [7, 11) is 1.71. The fourth-order valence-electron chi connectivity index (χ4n) is 3.79. The van der Waals surface area contributed by atoms with Crippen LogP contribution in [0.15, 0.2) is 59.7 Å². The maximum Gasteiger partial charge on any atom is 0.251 e. The molecular formula is C22H24N4O2. The molecule has 3 heterocycles. The Morgan fingerprint density at radius 2 is 1.89 bits per heavy atom. The molecule has 1 aliphatic heterocycles. The Labute approximate surface area is 164 Å². The lowest BCUT2D eigenvalue weighted by atomic mass is 9.93. The molecule has 144 valence electrons. The molecule has 4 rings (SSSR count). The number of pyridine rings is 1. The number of benzene rings is 1. The fourth-order valence-corrected chi connectivity index (χ4v) is 3.79. The minimum absolute atomic E-state index is 0.103. The number of methoxy groups -OCH3 is 1. The molecule has 0 unspecified atom stereocenters. The van der Waals surface area contributed by atoms with Crippen molar-refractivity contribution in [3.05, 3.63) is 76.5 Å². The highest BCUT2D eigenvalue weighted by Gasteiger charge is 2.23. The first-order chi connectivity index (χ1) is 13.7. The van der Waals surface area contributed by atoms with E-state index in [0.29, 0.717) is 11.7 Å². The maximum absolute atomic E-state index is 12.2. The molecule has 6 heteroatoms. The Kier molecular flexibility index (Phi) is 5.48. The zero-order chi connectivity index (χ0) is 19.3. The first kappa shape index (κ1) is 18.4. The monoisotopic (exact) mass is 376 g/mol. The van der Waals surface area contributed by atoms with Gasteiger partial charge in [-0.15, -0.1) is 0 Å². The van der Waals surface area contributed by atoms with Crippen LogP contribution < -0.4 is 10.3 Å². The Morgan fingerprint density at radius 1 is 1.14 bits per heavy atom. The van der Waals surface area contributed by atoms with Gasteiger partial charge in [-0.25, -0.2) is 4.98 Å². The molecule has 0 aliphatic carbocycles. The molecule has 1 N–H and O–H groups in total. The van der Waals surface area contributed by atoms with E-state index in [1.807, 2.05) is 30.3 Å². The number of nitrogens with zero attached hydrogens (tertiary/aromatic N) is 3. The van der Waals surface area contributed by atoms with Crippen LogP contribution in [0.5, 0.6) is 5.75 Å². The van der Waals surface area contributed by atoms with Gasteiger partial charge in [-0.1, -0.05) is 18.2 Å². The second kappa shape index (κ2) is 8.35. The van der Waals surface area contributed by atoms with E-state index >= 15 is 0 Å². The number of ether oxygens (including phenoxy) is 1. The van der Waals surface area contributed by atoms with E-state index in [2.05, 4.69) is 20.9 Å². The molecular weight excluding hydrogens is 352 g/mol. The Hall–Kier alpha value is -2.99. The molecule has 1 fully saturated rings. The van der Waals surface area contributed by atoms with Crippen molar-refractivity contribution >= 4 is 0 Å². The van der Waals surface area contributed by atoms with Gasteiger partial charge in [0.05, 0.1) is 12.8 Å². The van der Waals surface area contributed by atoms with Gasteiger partial charge in [0.1, 0.15) is 11.6 Å². The summed E-state index contributed by atoms with van der Waals surface area (Å²) < 4.78 is 5.47. The van der Waals surface area contributed by atoms with E-state index in [0.717, 1.165) is 49.5 Å². The van der Waals surface area contributed by atoms with Gasteiger partial charge in [-0.3, -0.25) is 14.7 Å². The fraction of sp³-hybridized carbons (Fsp3) is 0.318. The van der Waals surface area contributed by atoms with Crippen molar-refractivity contribution in [2.24, 2.45) is 0 Å². The van der Waals surface area contributed by atoms with Gasteiger partial charge in [0.25, 0.3) is 5.56 Å². The van der Waals surface area contributed by atoms with Crippen molar-refractivity contribution < 1.29 is 4.74 Å². The van der Waals surface area contributed by atoms with Crippen molar-refractivity contribution in [3.63, 3.8) is 0 Å². The molecule has 0 bridgehead atoms. The molecule has 6 nitrogen and oxygen atoms in total. The zero-order valence-electron chi connectivity index (χ0n) is 16.0. The molecule has 0 saturated carbocycles. The van der Waals surface area contributed by atoms with E-state index in [4.69, 9.17) is 9.72 Å². The van der Waals surface area contributed by atoms with E-state index < -0.39 is 0 Å². The van der Waals surface area contributed by atoms with Gasteiger partial charge >= 0.3 is 0 Å². The third kappa shape index (κ3) is 4.12. The SMILES string of the molecule is COc1ccccc1CN1CCC(c2cc(=O)[nH]c(-c3ccncc3)n2)CC1. The van der Waals surface area contributed by atoms with Crippen LogP contribution in [-0.4, -0.2) is 40.1 Å². The molecule has 1 saturated heterocycles. The van der Waals surface area contributed by atoms with Crippen LogP contribution in [0.4, 0.5) is 0 Å². The van der Waals surface area contributed by atoms with Crippen LogP contribution in [-0.2, 0) is 6.54 Å². The average molecular weight is 376 g/mol. The summed E-state index contributed by atoms with van der Waals surface area (Å²) in [6.45, 7) is 2.82. The minimum Gasteiger partial charge on any atom is -0.496 e. The van der Waals surface area contributed by atoms with Gasteiger partial charge in [0.2, 0.25) is 0 Å². The zero-order valence-corrected chi connectivity index (χ0v) is 16.0. The maximum atomic E-state index is 12.2. The highest BCUT2D eigenvalue weighted by atomic mass is 16.5. The number of aromatic amines is 1. The van der Waals surface area contributed by atoms with Crippen LogP contribution in [0.3, 0.4) is 0 Å². The molecule has 0 radical (unpaired) electrons. The van der Waals surface area contributed by atoms with Gasteiger partial charge in [-0.2, -0.15) is 0 Å². The van der Waals surface area contributed by atoms with Crippen LogP contribution in [0.25, 0.3) is 11.4 Å². The lowest BCUT2D eigenvalue weighted by Gasteiger charge is -2.32. The van der Waals surface area contributed by atoms with E-state index in [-0.39, 0.29) is 5.56 Å². The Bertz CT molecular complexity index is 979.